The van der Waals surface area contributed by atoms with Crippen LogP contribution in [0.1, 0.15) is 11.3 Å². The highest BCUT2D eigenvalue weighted by Gasteiger charge is 2.30. The van der Waals surface area contributed by atoms with Gasteiger partial charge in [-0.15, -0.1) is 0 Å². The van der Waals surface area contributed by atoms with Crippen molar-refractivity contribution in [2.45, 2.75) is 12.7 Å². The van der Waals surface area contributed by atoms with E-state index in [1.54, 1.807) is 23.1 Å². The Hall–Kier alpha value is -2.29. The molecule has 2 rings (SSSR count). The third kappa shape index (κ3) is 3.10. The first kappa shape index (κ1) is 12.2. The number of hydrogen-bond acceptors (Lipinski definition) is 2. The van der Waals surface area contributed by atoms with Crippen LogP contribution in [0.2, 0.25) is 0 Å². The van der Waals surface area contributed by atoms with Crippen molar-refractivity contribution in [1.82, 2.24) is 14.8 Å². The van der Waals surface area contributed by atoms with Gasteiger partial charge in [0.1, 0.15) is 12.2 Å². The SMILES string of the molecule is FC(F)(F)c1ccc(C#CCn2cccn2)nc1. The average Bonchev–Trinajstić information content (AvgIpc) is 2.82. The molecule has 6 heteroatoms. The number of halogens is 3. The molecule has 0 fully saturated rings. The zero-order valence-electron chi connectivity index (χ0n) is 9.15. The van der Waals surface area contributed by atoms with Gasteiger partial charge in [-0.1, -0.05) is 5.92 Å². The number of pyridine rings is 1. The van der Waals surface area contributed by atoms with Crippen LogP contribution in [0.5, 0.6) is 0 Å². The molecule has 92 valence electrons. The molecule has 2 aromatic heterocycles. The highest BCUT2D eigenvalue weighted by Crippen LogP contribution is 2.28. The lowest BCUT2D eigenvalue weighted by molar-refractivity contribution is -0.137. The number of alkyl halides is 3. The van der Waals surface area contributed by atoms with Crippen molar-refractivity contribution >= 4 is 0 Å². The second kappa shape index (κ2) is 4.92. The number of aromatic nitrogens is 3. The zero-order chi connectivity index (χ0) is 13.0. The molecule has 18 heavy (non-hydrogen) atoms. The van der Waals surface area contributed by atoms with Crippen molar-refractivity contribution in [3.8, 4) is 11.8 Å². The van der Waals surface area contributed by atoms with E-state index in [0.29, 0.717) is 12.2 Å². The molecular weight excluding hydrogens is 243 g/mol. The first-order valence-corrected chi connectivity index (χ1v) is 5.05. The predicted molar refractivity (Wildman–Crippen MR) is 58.3 cm³/mol. The summed E-state index contributed by atoms with van der Waals surface area (Å²) in [6.07, 6.45) is -0.223. The van der Waals surface area contributed by atoms with Gasteiger partial charge >= 0.3 is 6.18 Å². The fourth-order valence-electron chi connectivity index (χ4n) is 1.24. The smallest absolute Gasteiger partial charge is 0.261 e. The van der Waals surface area contributed by atoms with Gasteiger partial charge in [-0.25, -0.2) is 4.98 Å². The standard InChI is InChI=1S/C12H8F3N3/c13-12(14,15)10-4-5-11(16-9-10)3-1-7-18-8-2-6-17-18/h2,4-6,8-9H,7H2. The average molecular weight is 251 g/mol. The van der Waals surface area contributed by atoms with E-state index in [1.807, 2.05) is 0 Å². The van der Waals surface area contributed by atoms with Gasteiger partial charge in [0, 0.05) is 18.6 Å². The lowest BCUT2D eigenvalue weighted by atomic mass is 10.2. The van der Waals surface area contributed by atoms with Gasteiger partial charge in [0.25, 0.3) is 0 Å². The molecular formula is C12H8F3N3. The third-order valence-corrected chi connectivity index (χ3v) is 2.11. The summed E-state index contributed by atoms with van der Waals surface area (Å²) in [7, 11) is 0. The molecule has 0 radical (unpaired) electrons. The zero-order valence-corrected chi connectivity index (χ0v) is 9.15. The summed E-state index contributed by atoms with van der Waals surface area (Å²) in [6, 6.07) is 3.97. The van der Waals surface area contributed by atoms with E-state index in [0.717, 1.165) is 12.3 Å². The van der Waals surface area contributed by atoms with E-state index in [4.69, 9.17) is 0 Å². The quantitative estimate of drug-likeness (QED) is 0.728. The van der Waals surface area contributed by atoms with E-state index in [-0.39, 0.29) is 0 Å². The molecule has 0 aliphatic heterocycles. The van der Waals surface area contributed by atoms with Gasteiger partial charge in [0.05, 0.1) is 5.56 Å². The Morgan fingerprint density at radius 1 is 1.28 bits per heavy atom. The van der Waals surface area contributed by atoms with Crippen molar-refractivity contribution < 1.29 is 13.2 Å². The monoisotopic (exact) mass is 251 g/mol. The van der Waals surface area contributed by atoms with Gasteiger partial charge < -0.3 is 0 Å². The summed E-state index contributed by atoms with van der Waals surface area (Å²) in [5.41, 5.74) is -0.477. The minimum Gasteiger partial charge on any atom is -0.261 e. The van der Waals surface area contributed by atoms with E-state index < -0.39 is 11.7 Å². The molecule has 0 N–H and O–H groups in total. The summed E-state index contributed by atoms with van der Waals surface area (Å²) >= 11 is 0. The van der Waals surface area contributed by atoms with Crippen LogP contribution in [0, 0.1) is 11.8 Å². The molecule has 0 aromatic carbocycles. The van der Waals surface area contributed by atoms with Crippen LogP contribution in [0.3, 0.4) is 0 Å². The van der Waals surface area contributed by atoms with E-state index in [1.165, 1.54) is 6.07 Å². The normalized spacial score (nSPS) is 10.8. The summed E-state index contributed by atoms with van der Waals surface area (Å²) < 4.78 is 38.4. The number of hydrogen-bond donors (Lipinski definition) is 0. The Morgan fingerprint density at radius 2 is 2.11 bits per heavy atom. The molecule has 0 unspecified atom stereocenters. The lowest BCUT2D eigenvalue weighted by Crippen LogP contribution is -2.05. The summed E-state index contributed by atoms with van der Waals surface area (Å²) in [5.74, 6) is 5.44. The van der Waals surface area contributed by atoms with Gasteiger partial charge in [0.2, 0.25) is 0 Å². The lowest BCUT2D eigenvalue weighted by Gasteiger charge is -2.04. The minimum absolute atomic E-state index is 0.301. The molecule has 0 saturated carbocycles. The number of rotatable bonds is 1. The molecule has 0 amide bonds. The predicted octanol–water partition coefficient (Wildman–Crippen LogP) is 2.35. The summed E-state index contributed by atoms with van der Waals surface area (Å²) in [6.45, 7) is 0.371. The number of nitrogens with zero attached hydrogens (tertiary/aromatic N) is 3. The first-order chi connectivity index (χ1) is 8.55. The molecule has 0 atom stereocenters. The van der Waals surface area contributed by atoms with Crippen LogP contribution >= 0.6 is 0 Å². The second-order valence-electron chi connectivity index (χ2n) is 3.44. The molecule has 3 nitrogen and oxygen atoms in total. The maximum absolute atomic E-state index is 12.3. The van der Waals surface area contributed by atoms with Crippen molar-refractivity contribution in [3.63, 3.8) is 0 Å². The fourth-order valence-corrected chi connectivity index (χ4v) is 1.24. The summed E-state index contributed by atoms with van der Waals surface area (Å²) in [5, 5.41) is 3.94. The van der Waals surface area contributed by atoms with Gasteiger partial charge in [-0.05, 0) is 24.1 Å². The van der Waals surface area contributed by atoms with E-state index in [9.17, 15) is 13.2 Å². The maximum Gasteiger partial charge on any atom is 0.417 e. The Labute approximate surface area is 101 Å². The van der Waals surface area contributed by atoms with E-state index >= 15 is 0 Å². The van der Waals surface area contributed by atoms with Crippen molar-refractivity contribution in [2.75, 3.05) is 0 Å². The van der Waals surface area contributed by atoms with Crippen molar-refractivity contribution in [1.29, 1.82) is 0 Å². The highest BCUT2D eigenvalue weighted by atomic mass is 19.4. The first-order valence-electron chi connectivity index (χ1n) is 5.05. The molecule has 0 aliphatic carbocycles. The Morgan fingerprint density at radius 3 is 2.67 bits per heavy atom. The maximum atomic E-state index is 12.3. The van der Waals surface area contributed by atoms with Crippen LogP contribution in [0.15, 0.2) is 36.8 Å². The van der Waals surface area contributed by atoms with Gasteiger partial charge in [-0.2, -0.15) is 18.3 Å². The topological polar surface area (TPSA) is 30.7 Å². The van der Waals surface area contributed by atoms with Crippen molar-refractivity contribution in [3.05, 3.63) is 48.0 Å². The Bertz CT molecular complexity index is 559. The van der Waals surface area contributed by atoms with E-state index in [2.05, 4.69) is 21.9 Å². The Balaban J connectivity index is 2.05. The van der Waals surface area contributed by atoms with Crippen LogP contribution in [0.4, 0.5) is 13.2 Å². The molecule has 2 aromatic rings. The largest absolute Gasteiger partial charge is 0.417 e. The van der Waals surface area contributed by atoms with Crippen LogP contribution in [-0.4, -0.2) is 14.8 Å². The summed E-state index contributed by atoms with van der Waals surface area (Å²) in [4.78, 5) is 3.64. The fraction of sp³-hybridized carbons (Fsp3) is 0.167. The molecule has 0 bridgehead atoms. The van der Waals surface area contributed by atoms with Crippen LogP contribution in [-0.2, 0) is 12.7 Å². The van der Waals surface area contributed by atoms with Crippen LogP contribution < -0.4 is 0 Å². The molecule has 0 saturated heterocycles. The van der Waals surface area contributed by atoms with Crippen LogP contribution in [0.25, 0.3) is 0 Å². The minimum atomic E-state index is -4.37. The Kier molecular flexibility index (Phi) is 3.33. The third-order valence-electron chi connectivity index (χ3n) is 2.11. The van der Waals surface area contributed by atoms with Gasteiger partial charge in [0.15, 0.2) is 0 Å². The van der Waals surface area contributed by atoms with Gasteiger partial charge in [-0.3, -0.25) is 4.68 Å². The molecule has 2 heterocycles. The van der Waals surface area contributed by atoms with Crippen molar-refractivity contribution in [2.24, 2.45) is 0 Å². The molecule has 0 aliphatic rings. The highest BCUT2D eigenvalue weighted by molar-refractivity contribution is 5.29. The second-order valence-corrected chi connectivity index (χ2v) is 3.44. The molecule has 0 spiro atoms.